The Balaban J connectivity index is 2.48. The molecule has 0 saturated heterocycles. The maximum atomic E-state index is 6.30. The van der Waals surface area contributed by atoms with Crippen LogP contribution in [0.4, 0.5) is 0 Å². The van der Waals surface area contributed by atoms with Gasteiger partial charge in [-0.15, -0.1) is 11.6 Å². The highest BCUT2D eigenvalue weighted by molar-refractivity contribution is 6.38. The molecule has 2 aromatic rings. The van der Waals surface area contributed by atoms with Crippen molar-refractivity contribution in [1.29, 1.82) is 0 Å². The van der Waals surface area contributed by atoms with Crippen LogP contribution < -0.4 is 0 Å². The Bertz CT molecular complexity index is 507. The smallest absolute Gasteiger partial charge is 0.206 e. The Morgan fingerprint density at radius 1 is 0.882 bits per heavy atom. The molecular formula is C11H6Cl4N2. The SMILES string of the molecule is Clc1nc(Cl)c(C(Cl)c2ccccc2)c(Cl)n1. The standard InChI is InChI=1S/C11H6Cl4N2/c12-8(6-4-2-1-3-5-6)7-9(13)16-11(15)17-10(7)14/h1-5,8H. The largest absolute Gasteiger partial charge is 0.225 e. The van der Waals surface area contributed by atoms with E-state index in [1.807, 2.05) is 30.3 Å². The van der Waals surface area contributed by atoms with Crippen molar-refractivity contribution < 1.29 is 0 Å². The molecule has 6 heteroatoms. The van der Waals surface area contributed by atoms with Crippen molar-refractivity contribution in [3.05, 3.63) is 57.0 Å². The highest BCUT2D eigenvalue weighted by Gasteiger charge is 2.20. The Morgan fingerprint density at radius 3 is 1.94 bits per heavy atom. The van der Waals surface area contributed by atoms with Crippen LogP contribution in [-0.2, 0) is 0 Å². The molecule has 1 heterocycles. The number of halogens is 4. The van der Waals surface area contributed by atoms with E-state index in [9.17, 15) is 0 Å². The van der Waals surface area contributed by atoms with Crippen LogP contribution in [-0.4, -0.2) is 9.97 Å². The lowest BCUT2D eigenvalue weighted by Gasteiger charge is -2.12. The predicted octanol–water partition coefficient (Wildman–Crippen LogP) is 4.77. The molecule has 0 bridgehead atoms. The molecule has 1 atom stereocenters. The minimum Gasteiger partial charge on any atom is -0.206 e. The Labute approximate surface area is 119 Å². The van der Waals surface area contributed by atoms with E-state index in [4.69, 9.17) is 46.4 Å². The summed E-state index contributed by atoms with van der Waals surface area (Å²) in [6.07, 6.45) is 0. The molecular weight excluding hydrogens is 302 g/mol. The molecule has 0 saturated carbocycles. The van der Waals surface area contributed by atoms with Crippen molar-refractivity contribution in [1.82, 2.24) is 9.97 Å². The van der Waals surface area contributed by atoms with Crippen LogP contribution in [0.2, 0.25) is 15.6 Å². The first-order valence-corrected chi connectivity index (χ1v) is 6.24. The molecule has 2 nitrogen and oxygen atoms in total. The van der Waals surface area contributed by atoms with Gasteiger partial charge in [0.1, 0.15) is 10.3 Å². The Kier molecular flexibility index (Phi) is 4.10. The fourth-order valence-electron chi connectivity index (χ4n) is 1.39. The molecule has 0 spiro atoms. The first-order valence-electron chi connectivity index (χ1n) is 4.67. The zero-order valence-electron chi connectivity index (χ0n) is 8.37. The van der Waals surface area contributed by atoms with Crippen LogP contribution >= 0.6 is 46.4 Å². The van der Waals surface area contributed by atoms with Gasteiger partial charge in [-0.25, -0.2) is 9.97 Å². The fourth-order valence-corrected chi connectivity index (χ4v) is 2.72. The minimum atomic E-state index is -0.506. The minimum absolute atomic E-state index is 0.000628. The molecule has 0 aliphatic carbocycles. The van der Waals surface area contributed by atoms with Gasteiger partial charge < -0.3 is 0 Å². The summed E-state index contributed by atoms with van der Waals surface area (Å²) in [6, 6.07) is 9.40. The summed E-state index contributed by atoms with van der Waals surface area (Å²) in [5, 5.41) is -0.174. The van der Waals surface area contributed by atoms with Gasteiger partial charge in [-0.2, -0.15) is 0 Å². The summed E-state index contributed by atoms with van der Waals surface area (Å²) in [6.45, 7) is 0. The summed E-state index contributed by atoms with van der Waals surface area (Å²) in [5.41, 5.74) is 1.33. The van der Waals surface area contributed by atoms with Gasteiger partial charge in [-0.05, 0) is 17.2 Å². The first kappa shape index (κ1) is 12.9. The molecule has 0 aliphatic rings. The van der Waals surface area contributed by atoms with E-state index in [0.717, 1.165) is 5.56 Å². The number of hydrogen-bond acceptors (Lipinski definition) is 2. The average molecular weight is 308 g/mol. The summed E-state index contributed by atoms with van der Waals surface area (Å²) < 4.78 is 0. The number of benzene rings is 1. The van der Waals surface area contributed by atoms with E-state index >= 15 is 0 Å². The maximum Gasteiger partial charge on any atom is 0.225 e. The van der Waals surface area contributed by atoms with Crippen LogP contribution in [0.15, 0.2) is 30.3 Å². The summed E-state index contributed by atoms with van der Waals surface area (Å²) >= 11 is 23.9. The average Bonchev–Trinajstić information content (AvgIpc) is 2.28. The normalized spacial score (nSPS) is 12.5. The molecule has 1 aromatic carbocycles. The molecule has 0 amide bonds. The number of aromatic nitrogens is 2. The molecule has 0 aliphatic heterocycles. The lowest BCUT2D eigenvalue weighted by Crippen LogP contribution is -1.99. The Morgan fingerprint density at radius 2 is 1.41 bits per heavy atom. The molecule has 0 fully saturated rings. The molecule has 2 rings (SSSR count). The second-order valence-corrected chi connectivity index (χ2v) is 4.75. The van der Waals surface area contributed by atoms with Crippen molar-refractivity contribution >= 4 is 46.4 Å². The summed E-state index contributed by atoms with van der Waals surface area (Å²) in [4.78, 5) is 7.66. The van der Waals surface area contributed by atoms with E-state index in [2.05, 4.69) is 9.97 Å². The second kappa shape index (κ2) is 5.40. The fraction of sp³-hybridized carbons (Fsp3) is 0.0909. The van der Waals surface area contributed by atoms with Crippen molar-refractivity contribution in [3.8, 4) is 0 Å². The van der Waals surface area contributed by atoms with Crippen molar-refractivity contribution in [2.75, 3.05) is 0 Å². The van der Waals surface area contributed by atoms with Gasteiger partial charge >= 0.3 is 0 Å². The van der Waals surface area contributed by atoms with Gasteiger partial charge in [-0.3, -0.25) is 0 Å². The molecule has 17 heavy (non-hydrogen) atoms. The van der Waals surface area contributed by atoms with Gasteiger partial charge in [0, 0.05) is 5.56 Å². The van der Waals surface area contributed by atoms with Gasteiger partial charge in [0.05, 0.1) is 5.38 Å². The Hall–Kier alpha value is -0.540. The first-order chi connectivity index (χ1) is 8.09. The topological polar surface area (TPSA) is 25.8 Å². The molecule has 0 radical (unpaired) electrons. The van der Waals surface area contributed by atoms with E-state index in [-0.39, 0.29) is 15.6 Å². The zero-order chi connectivity index (χ0) is 12.4. The third kappa shape index (κ3) is 2.83. The van der Waals surface area contributed by atoms with Crippen LogP contribution in [0.3, 0.4) is 0 Å². The second-order valence-electron chi connectivity index (χ2n) is 3.26. The van der Waals surface area contributed by atoms with E-state index < -0.39 is 5.38 Å². The number of nitrogens with zero attached hydrogens (tertiary/aromatic N) is 2. The van der Waals surface area contributed by atoms with E-state index in [1.54, 1.807) is 0 Å². The van der Waals surface area contributed by atoms with Crippen molar-refractivity contribution in [2.45, 2.75) is 5.38 Å². The monoisotopic (exact) mass is 306 g/mol. The van der Waals surface area contributed by atoms with Crippen LogP contribution in [0, 0.1) is 0 Å². The molecule has 88 valence electrons. The highest BCUT2D eigenvalue weighted by atomic mass is 35.5. The number of rotatable bonds is 2. The number of hydrogen-bond donors (Lipinski definition) is 0. The predicted molar refractivity (Wildman–Crippen MR) is 71.2 cm³/mol. The van der Waals surface area contributed by atoms with Gasteiger partial charge in [0.25, 0.3) is 0 Å². The molecule has 1 aromatic heterocycles. The summed E-state index contributed by atoms with van der Waals surface area (Å²) in [5.74, 6) is 0. The van der Waals surface area contributed by atoms with Gasteiger partial charge in [0.2, 0.25) is 5.28 Å². The summed E-state index contributed by atoms with van der Waals surface area (Å²) in [7, 11) is 0. The quantitative estimate of drug-likeness (QED) is 0.454. The third-order valence-electron chi connectivity index (χ3n) is 2.17. The van der Waals surface area contributed by atoms with Gasteiger partial charge in [-0.1, -0.05) is 53.5 Å². The van der Waals surface area contributed by atoms with Crippen molar-refractivity contribution in [3.63, 3.8) is 0 Å². The van der Waals surface area contributed by atoms with Crippen LogP contribution in [0.1, 0.15) is 16.5 Å². The van der Waals surface area contributed by atoms with Crippen molar-refractivity contribution in [2.24, 2.45) is 0 Å². The zero-order valence-corrected chi connectivity index (χ0v) is 11.4. The van der Waals surface area contributed by atoms with Crippen LogP contribution in [0.5, 0.6) is 0 Å². The lowest BCUT2D eigenvalue weighted by molar-refractivity contribution is 1.05. The third-order valence-corrected chi connectivity index (χ3v) is 3.39. The molecule has 1 unspecified atom stereocenters. The lowest BCUT2D eigenvalue weighted by atomic mass is 10.1. The number of alkyl halides is 1. The maximum absolute atomic E-state index is 6.30. The van der Waals surface area contributed by atoms with E-state index in [1.165, 1.54) is 0 Å². The highest BCUT2D eigenvalue weighted by Crippen LogP contribution is 2.36. The van der Waals surface area contributed by atoms with Crippen LogP contribution in [0.25, 0.3) is 0 Å². The van der Waals surface area contributed by atoms with E-state index in [0.29, 0.717) is 5.56 Å². The van der Waals surface area contributed by atoms with Gasteiger partial charge in [0.15, 0.2) is 0 Å². The molecule has 0 N–H and O–H groups in total.